The molecule has 0 spiro atoms. The first kappa shape index (κ1) is 18.8. The number of nitrogens with zero attached hydrogens (tertiary/aromatic N) is 3. The van der Waals surface area contributed by atoms with E-state index in [0.29, 0.717) is 0 Å². The molecule has 0 atom stereocenters. The molecule has 2 aromatic rings. The Morgan fingerprint density at radius 2 is 1.82 bits per heavy atom. The van der Waals surface area contributed by atoms with Crippen molar-refractivity contribution in [1.29, 1.82) is 0 Å². The fourth-order valence-corrected chi connectivity index (χ4v) is 4.04. The summed E-state index contributed by atoms with van der Waals surface area (Å²) in [7, 11) is 1.66. The van der Waals surface area contributed by atoms with E-state index in [4.69, 9.17) is 4.74 Å². The largest absolute Gasteiger partial charge is 0.496 e. The minimum Gasteiger partial charge on any atom is -0.496 e. The van der Waals surface area contributed by atoms with Crippen LogP contribution in [-0.4, -0.2) is 48.3 Å². The number of piperidine rings is 1. The zero-order valence-corrected chi connectivity index (χ0v) is 16.3. The highest BCUT2D eigenvalue weighted by Crippen LogP contribution is 2.37. The average molecular weight is 380 g/mol. The molecular formula is C22H28N4O2. The van der Waals surface area contributed by atoms with Gasteiger partial charge < -0.3 is 14.7 Å². The van der Waals surface area contributed by atoms with E-state index < -0.39 is 5.60 Å². The van der Waals surface area contributed by atoms with Crippen LogP contribution in [0.25, 0.3) is 6.20 Å². The van der Waals surface area contributed by atoms with Crippen LogP contribution in [0.15, 0.2) is 53.6 Å². The van der Waals surface area contributed by atoms with Gasteiger partial charge in [-0.1, -0.05) is 36.4 Å². The molecule has 6 heteroatoms. The van der Waals surface area contributed by atoms with Crippen molar-refractivity contribution in [2.45, 2.75) is 24.9 Å². The second-order valence-corrected chi connectivity index (χ2v) is 7.52. The minimum absolute atomic E-state index is 0.726. The van der Waals surface area contributed by atoms with Crippen molar-refractivity contribution in [2.24, 2.45) is 5.10 Å². The van der Waals surface area contributed by atoms with E-state index in [1.807, 2.05) is 47.5 Å². The molecule has 2 aliphatic rings. The van der Waals surface area contributed by atoms with E-state index in [2.05, 4.69) is 27.8 Å². The van der Waals surface area contributed by atoms with Crippen LogP contribution in [0.1, 0.15) is 24.8 Å². The highest BCUT2D eigenvalue weighted by Gasteiger charge is 2.35. The summed E-state index contributed by atoms with van der Waals surface area (Å²) in [6.45, 7) is 3.68. The van der Waals surface area contributed by atoms with Crippen LogP contribution in [0.5, 0.6) is 5.75 Å². The van der Waals surface area contributed by atoms with Gasteiger partial charge in [-0.15, -0.1) is 0 Å². The molecular weight excluding hydrogens is 352 g/mol. The monoisotopic (exact) mass is 380 g/mol. The van der Waals surface area contributed by atoms with E-state index in [9.17, 15) is 5.11 Å². The lowest BCUT2D eigenvalue weighted by Crippen LogP contribution is -2.45. The van der Waals surface area contributed by atoms with Crippen LogP contribution in [0.4, 0.5) is 0 Å². The Balaban J connectivity index is 1.28. The van der Waals surface area contributed by atoms with E-state index >= 15 is 0 Å². The highest BCUT2D eigenvalue weighted by molar-refractivity contribution is 5.38. The molecule has 0 bridgehead atoms. The molecule has 1 fully saturated rings. The number of aliphatic hydroxyl groups is 1. The van der Waals surface area contributed by atoms with Crippen LogP contribution in [0.2, 0.25) is 0 Å². The molecule has 28 heavy (non-hydrogen) atoms. The second-order valence-electron chi connectivity index (χ2n) is 7.52. The fourth-order valence-electron chi connectivity index (χ4n) is 4.04. The molecule has 2 aromatic carbocycles. The average Bonchev–Trinajstić information content (AvgIpc) is 2.75. The Bertz CT molecular complexity index is 922. The van der Waals surface area contributed by atoms with Crippen LogP contribution >= 0.6 is 0 Å². The Morgan fingerprint density at radius 3 is 2.64 bits per heavy atom. The summed E-state index contributed by atoms with van der Waals surface area (Å²) in [5.41, 5.74) is 3.20. The predicted molar refractivity (Wildman–Crippen MR) is 109 cm³/mol. The number of ether oxygens (including phenoxy) is 1. The lowest BCUT2D eigenvalue weighted by atomic mass is 9.84. The molecule has 6 nitrogen and oxygen atoms in total. The van der Waals surface area contributed by atoms with Gasteiger partial charge in [0, 0.05) is 36.6 Å². The van der Waals surface area contributed by atoms with Gasteiger partial charge in [-0.05, 0) is 37.9 Å². The van der Waals surface area contributed by atoms with Gasteiger partial charge in [0.25, 0.3) is 0 Å². The van der Waals surface area contributed by atoms with Crippen molar-refractivity contribution in [3.63, 3.8) is 0 Å². The van der Waals surface area contributed by atoms with Gasteiger partial charge in [0.1, 0.15) is 5.75 Å². The molecule has 0 unspecified atom stereocenters. The maximum absolute atomic E-state index is 11.2. The number of nitrogens with one attached hydrogen (secondary N) is 1. The van der Waals surface area contributed by atoms with Gasteiger partial charge in [0.15, 0.2) is 0 Å². The molecule has 0 radical (unpaired) electrons. The zero-order chi connectivity index (χ0) is 19.4. The molecule has 0 aromatic heterocycles. The van der Waals surface area contributed by atoms with E-state index in [-0.39, 0.29) is 0 Å². The molecule has 148 valence electrons. The summed E-state index contributed by atoms with van der Waals surface area (Å²) in [5, 5.41) is 19.7. The van der Waals surface area contributed by atoms with Crippen molar-refractivity contribution in [3.8, 4) is 5.75 Å². The predicted octanol–water partition coefficient (Wildman–Crippen LogP) is 1.16. The number of likely N-dealkylation sites (tertiary alicyclic amines) is 1. The van der Waals surface area contributed by atoms with Gasteiger partial charge in [-0.2, -0.15) is 5.10 Å². The summed E-state index contributed by atoms with van der Waals surface area (Å²) in [6, 6.07) is 15.9. The van der Waals surface area contributed by atoms with Gasteiger partial charge >= 0.3 is 0 Å². The Kier molecular flexibility index (Phi) is 5.50. The smallest absolute Gasteiger partial charge is 0.124 e. The summed E-state index contributed by atoms with van der Waals surface area (Å²) in [6.07, 6.45) is 4.60. The van der Waals surface area contributed by atoms with Gasteiger partial charge in [-0.25, -0.2) is 5.53 Å². The van der Waals surface area contributed by atoms with E-state index in [0.717, 1.165) is 67.3 Å². The number of para-hydroxylation sites is 2. The highest BCUT2D eigenvalue weighted by atomic mass is 16.5. The fraction of sp³-hybridized carbons (Fsp3) is 0.409. The lowest BCUT2D eigenvalue weighted by Gasteiger charge is -2.39. The third kappa shape index (κ3) is 3.98. The van der Waals surface area contributed by atoms with Crippen molar-refractivity contribution < 1.29 is 9.84 Å². The number of hydrogen-bond acceptors (Lipinski definition) is 6. The first-order chi connectivity index (χ1) is 13.7. The molecule has 0 aliphatic carbocycles. The summed E-state index contributed by atoms with van der Waals surface area (Å²) in [4.78, 5) is 2.43. The number of benzene rings is 2. The van der Waals surface area contributed by atoms with E-state index in [1.54, 1.807) is 7.11 Å². The Morgan fingerprint density at radius 1 is 1.07 bits per heavy atom. The van der Waals surface area contributed by atoms with Gasteiger partial charge in [0.05, 0.1) is 18.1 Å². The summed E-state index contributed by atoms with van der Waals surface area (Å²) >= 11 is 0. The first-order valence-electron chi connectivity index (χ1n) is 9.93. The maximum atomic E-state index is 11.2. The van der Waals surface area contributed by atoms with Crippen molar-refractivity contribution in [2.75, 3.05) is 33.3 Å². The third-order valence-electron chi connectivity index (χ3n) is 5.70. The molecule has 1 saturated heterocycles. The minimum atomic E-state index is -0.798. The van der Waals surface area contributed by atoms with Crippen LogP contribution < -0.4 is 20.8 Å². The van der Waals surface area contributed by atoms with Gasteiger partial charge in [0.2, 0.25) is 0 Å². The summed E-state index contributed by atoms with van der Waals surface area (Å²) < 4.78 is 5.45. The number of hydrogen-bond donors (Lipinski definition) is 2. The lowest BCUT2D eigenvalue weighted by molar-refractivity contribution is -0.0278. The van der Waals surface area contributed by atoms with Crippen LogP contribution in [-0.2, 0) is 5.60 Å². The van der Waals surface area contributed by atoms with Crippen LogP contribution in [0, 0.1) is 0 Å². The number of fused-ring (bicyclic) bond motifs is 1. The molecule has 0 amide bonds. The normalized spacial score (nSPS) is 18.4. The van der Waals surface area contributed by atoms with Crippen LogP contribution in [0.3, 0.4) is 0 Å². The van der Waals surface area contributed by atoms with Gasteiger partial charge in [-0.3, -0.25) is 5.01 Å². The number of hydrazine groups is 1. The molecule has 2 aliphatic heterocycles. The maximum Gasteiger partial charge on any atom is 0.124 e. The zero-order valence-electron chi connectivity index (χ0n) is 16.3. The van der Waals surface area contributed by atoms with Crippen molar-refractivity contribution >= 4 is 6.20 Å². The number of methoxy groups -OCH3 is 1. The number of rotatable bonds is 6. The standard InChI is InChI=1S/C22H28N4O2/c1-28-21-10-5-3-8-19(21)22(27)11-15-25(16-12-22)13-6-14-26-17-18-7-2-4-9-20(18)23-24-26/h2-5,7-10,17,24,27H,6,11-16H2,1H3. The van der Waals surface area contributed by atoms with E-state index in [1.165, 1.54) is 0 Å². The first-order valence-corrected chi connectivity index (χ1v) is 9.93. The quantitative estimate of drug-likeness (QED) is 0.788. The Labute approximate surface area is 165 Å². The molecule has 4 rings (SSSR count). The second kappa shape index (κ2) is 8.20. The SMILES string of the molecule is COc1ccccc1C1(O)CCN(CCCN2C=c3ccccc3=NN2)CC1. The van der Waals surface area contributed by atoms with Crippen molar-refractivity contribution in [1.82, 2.24) is 15.4 Å². The molecule has 2 N–H and O–H groups in total. The van der Waals surface area contributed by atoms with Crippen molar-refractivity contribution in [3.05, 3.63) is 64.7 Å². The topological polar surface area (TPSA) is 60.3 Å². The third-order valence-corrected chi connectivity index (χ3v) is 5.70. The molecule has 2 heterocycles. The Hall–Kier alpha value is -2.57. The molecule has 0 saturated carbocycles. The summed E-state index contributed by atoms with van der Waals surface area (Å²) in [5.74, 6) is 0.772.